The van der Waals surface area contributed by atoms with Crippen LogP contribution in [-0.2, 0) is 5.41 Å². The number of rotatable bonds is 6. The molecule has 2 aromatic heterocycles. The second-order valence-corrected chi connectivity index (χ2v) is 7.91. The molecule has 1 aliphatic heterocycles. The van der Waals surface area contributed by atoms with E-state index in [1.807, 2.05) is 6.92 Å². The third-order valence-corrected chi connectivity index (χ3v) is 5.85. The second kappa shape index (κ2) is 8.23. The number of hydrogen-bond donors (Lipinski definition) is 2. The van der Waals surface area contributed by atoms with Crippen molar-refractivity contribution < 1.29 is 9.18 Å². The van der Waals surface area contributed by atoms with Crippen LogP contribution in [0.1, 0.15) is 55.2 Å². The van der Waals surface area contributed by atoms with Crippen LogP contribution in [0.15, 0.2) is 35.5 Å². The molecule has 2 aromatic rings. The number of carbonyl (C=O) groups excluding carboxylic acids is 1. The quantitative estimate of drug-likeness (QED) is 0.783. The molecule has 1 atom stereocenters. The minimum absolute atomic E-state index is 0.0394. The minimum atomic E-state index is -0.317. The largest absolute Gasteiger partial charge is 0.368 e. The summed E-state index contributed by atoms with van der Waals surface area (Å²) in [5.41, 5.74) is 1.59. The Kier molecular flexibility index (Phi) is 5.51. The molecule has 0 aromatic carbocycles. The van der Waals surface area contributed by atoms with E-state index in [-0.39, 0.29) is 28.9 Å². The van der Waals surface area contributed by atoms with Crippen molar-refractivity contribution in [1.82, 2.24) is 20.5 Å². The van der Waals surface area contributed by atoms with E-state index in [4.69, 9.17) is 0 Å². The molecule has 0 saturated heterocycles. The highest BCUT2D eigenvalue weighted by Gasteiger charge is 2.41. The van der Waals surface area contributed by atoms with Crippen molar-refractivity contribution in [3.63, 3.8) is 0 Å². The minimum Gasteiger partial charge on any atom is -0.368 e. The van der Waals surface area contributed by atoms with Crippen molar-refractivity contribution >= 4 is 17.4 Å². The molecule has 0 bridgehead atoms. The summed E-state index contributed by atoms with van der Waals surface area (Å²) in [6.45, 7) is 3.14. The number of aromatic nitrogens is 3. The first kappa shape index (κ1) is 19.4. The predicted octanol–water partition coefficient (Wildman–Crippen LogP) is 2.90. The zero-order valence-corrected chi connectivity index (χ0v) is 16.5. The van der Waals surface area contributed by atoms with Gasteiger partial charge in [0.05, 0.1) is 12.2 Å². The number of aliphatic imine (C=N–C) groups is 1. The van der Waals surface area contributed by atoms with E-state index < -0.39 is 0 Å². The predicted molar refractivity (Wildman–Crippen MR) is 109 cm³/mol. The Morgan fingerprint density at radius 2 is 2.14 bits per heavy atom. The first-order chi connectivity index (χ1) is 14.1. The summed E-state index contributed by atoms with van der Waals surface area (Å²) in [6, 6.07) is 6.48. The van der Waals surface area contributed by atoms with Gasteiger partial charge in [-0.05, 0) is 56.9 Å². The maximum Gasteiger partial charge on any atom is 0.272 e. The van der Waals surface area contributed by atoms with Crippen molar-refractivity contribution in [3.8, 4) is 0 Å². The van der Waals surface area contributed by atoms with Crippen molar-refractivity contribution in [2.75, 3.05) is 18.4 Å². The Hall–Kier alpha value is -2.90. The zero-order chi connectivity index (χ0) is 20.3. The number of hydrogen-bond acceptors (Lipinski definition) is 6. The fourth-order valence-electron chi connectivity index (χ4n) is 3.88. The van der Waals surface area contributed by atoms with Crippen LogP contribution in [0.2, 0.25) is 0 Å². The standard InChI is InChI=1S/C21H25FN6O/c1-14-5-6-15(12-24-14)26-20(29)17-7-8-18(28-27-17)25-13-21(9-3-10-21)19-16(22)4-2-11-23-19/h2,4,7-8,11,15H,3,5-6,9-10,12-13H2,1H3,(H,25,28)(H,26,29). The number of amides is 1. The first-order valence-corrected chi connectivity index (χ1v) is 10.1. The molecule has 1 fully saturated rings. The molecule has 0 radical (unpaired) electrons. The van der Waals surface area contributed by atoms with Crippen LogP contribution in [0.25, 0.3) is 0 Å². The van der Waals surface area contributed by atoms with Gasteiger partial charge in [-0.3, -0.25) is 14.8 Å². The highest BCUT2D eigenvalue weighted by atomic mass is 19.1. The lowest BCUT2D eigenvalue weighted by Gasteiger charge is -2.41. The lowest BCUT2D eigenvalue weighted by Crippen LogP contribution is -2.42. The summed E-state index contributed by atoms with van der Waals surface area (Å²) in [5.74, 6) is 0.0474. The summed E-state index contributed by atoms with van der Waals surface area (Å²) in [4.78, 5) is 21.0. The summed E-state index contributed by atoms with van der Waals surface area (Å²) in [7, 11) is 0. The van der Waals surface area contributed by atoms with Crippen molar-refractivity contribution in [3.05, 3.63) is 47.7 Å². The maximum absolute atomic E-state index is 14.2. The Morgan fingerprint density at radius 1 is 1.28 bits per heavy atom. The molecule has 8 heteroatoms. The summed E-state index contributed by atoms with van der Waals surface area (Å²) < 4.78 is 14.2. The van der Waals surface area contributed by atoms with E-state index in [1.54, 1.807) is 24.4 Å². The average molecular weight is 396 g/mol. The molecule has 3 heterocycles. The van der Waals surface area contributed by atoms with Gasteiger partial charge in [0.25, 0.3) is 5.91 Å². The van der Waals surface area contributed by atoms with Gasteiger partial charge in [-0.2, -0.15) is 0 Å². The molecule has 29 heavy (non-hydrogen) atoms. The summed E-state index contributed by atoms with van der Waals surface area (Å²) in [5, 5.41) is 14.4. The van der Waals surface area contributed by atoms with Gasteiger partial charge in [0.1, 0.15) is 11.6 Å². The van der Waals surface area contributed by atoms with Crippen LogP contribution in [0.3, 0.4) is 0 Å². The van der Waals surface area contributed by atoms with Gasteiger partial charge >= 0.3 is 0 Å². The lowest BCUT2D eigenvalue weighted by molar-refractivity contribution is 0.0930. The van der Waals surface area contributed by atoms with E-state index in [2.05, 4.69) is 30.8 Å². The number of carbonyl (C=O) groups is 1. The fraction of sp³-hybridized carbons (Fsp3) is 0.476. The van der Waals surface area contributed by atoms with Gasteiger partial charge < -0.3 is 10.6 Å². The smallest absolute Gasteiger partial charge is 0.272 e. The van der Waals surface area contributed by atoms with Crippen LogP contribution in [0, 0.1) is 5.82 Å². The molecule has 1 aliphatic carbocycles. The highest BCUT2D eigenvalue weighted by molar-refractivity contribution is 5.92. The molecular formula is C21H25FN6O. The normalized spacial score (nSPS) is 20.3. The number of nitrogens with one attached hydrogen (secondary N) is 2. The average Bonchev–Trinajstić information content (AvgIpc) is 2.70. The van der Waals surface area contributed by atoms with Gasteiger partial charge in [-0.15, -0.1) is 10.2 Å². The molecule has 2 N–H and O–H groups in total. The van der Waals surface area contributed by atoms with Gasteiger partial charge in [-0.1, -0.05) is 6.42 Å². The van der Waals surface area contributed by atoms with Crippen LogP contribution in [0.5, 0.6) is 0 Å². The van der Waals surface area contributed by atoms with Gasteiger partial charge in [0, 0.05) is 29.9 Å². The summed E-state index contributed by atoms with van der Waals surface area (Å²) in [6.07, 6.45) is 6.23. The first-order valence-electron chi connectivity index (χ1n) is 10.1. The number of anilines is 1. The number of halogens is 1. The Morgan fingerprint density at radius 3 is 2.76 bits per heavy atom. The monoisotopic (exact) mass is 396 g/mol. The van der Waals surface area contributed by atoms with E-state index in [1.165, 1.54) is 6.07 Å². The number of pyridine rings is 1. The third kappa shape index (κ3) is 4.26. The van der Waals surface area contributed by atoms with Crippen molar-refractivity contribution in [2.45, 2.75) is 50.5 Å². The van der Waals surface area contributed by atoms with E-state index in [0.717, 1.165) is 37.8 Å². The third-order valence-electron chi connectivity index (χ3n) is 5.85. The Labute approximate surface area is 169 Å². The molecular weight excluding hydrogens is 371 g/mol. The molecule has 1 unspecified atom stereocenters. The summed E-state index contributed by atoms with van der Waals surface area (Å²) >= 11 is 0. The zero-order valence-electron chi connectivity index (χ0n) is 16.5. The molecule has 7 nitrogen and oxygen atoms in total. The SMILES string of the molecule is CC1=NCC(NC(=O)c2ccc(NCC3(c4ncccc4F)CCC3)nn2)CC1. The molecule has 4 rings (SSSR count). The fourth-order valence-corrected chi connectivity index (χ4v) is 3.88. The van der Waals surface area contributed by atoms with E-state index in [0.29, 0.717) is 24.6 Å². The van der Waals surface area contributed by atoms with Gasteiger partial charge in [0.2, 0.25) is 0 Å². The van der Waals surface area contributed by atoms with Crippen LogP contribution >= 0.6 is 0 Å². The topological polar surface area (TPSA) is 92.2 Å². The molecule has 0 spiro atoms. The van der Waals surface area contributed by atoms with Crippen molar-refractivity contribution in [2.24, 2.45) is 4.99 Å². The second-order valence-electron chi connectivity index (χ2n) is 7.91. The highest BCUT2D eigenvalue weighted by Crippen LogP contribution is 2.43. The van der Waals surface area contributed by atoms with E-state index in [9.17, 15) is 9.18 Å². The van der Waals surface area contributed by atoms with Gasteiger partial charge in [-0.25, -0.2) is 4.39 Å². The Bertz CT molecular complexity index is 910. The molecule has 2 aliphatic rings. The number of nitrogens with zero attached hydrogens (tertiary/aromatic N) is 4. The van der Waals surface area contributed by atoms with E-state index >= 15 is 0 Å². The van der Waals surface area contributed by atoms with Crippen LogP contribution < -0.4 is 10.6 Å². The van der Waals surface area contributed by atoms with Gasteiger partial charge in [0.15, 0.2) is 5.69 Å². The molecule has 152 valence electrons. The molecule has 1 saturated carbocycles. The van der Waals surface area contributed by atoms with Crippen LogP contribution in [0.4, 0.5) is 10.2 Å². The molecule has 1 amide bonds. The Balaban J connectivity index is 1.36. The maximum atomic E-state index is 14.2. The van der Waals surface area contributed by atoms with Crippen LogP contribution in [-0.4, -0.2) is 45.9 Å². The lowest BCUT2D eigenvalue weighted by atomic mass is 9.66. The van der Waals surface area contributed by atoms with Crippen molar-refractivity contribution in [1.29, 1.82) is 0 Å².